The van der Waals surface area contributed by atoms with Crippen molar-refractivity contribution in [2.45, 2.75) is 13.8 Å². The molecule has 0 bridgehead atoms. The first kappa shape index (κ1) is 14.8. The maximum atomic E-state index is 10.7. The van der Waals surface area contributed by atoms with Gasteiger partial charge in [-0.05, 0) is 24.6 Å². The van der Waals surface area contributed by atoms with E-state index in [2.05, 4.69) is 22.1 Å². The van der Waals surface area contributed by atoms with Crippen molar-refractivity contribution in [3.63, 3.8) is 0 Å². The molecule has 1 rings (SSSR count). The summed E-state index contributed by atoms with van der Waals surface area (Å²) in [5.74, 6) is -0.0910. The molecule has 17 heavy (non-hydrogen) atoms. The number of phenolic OH excluding ortho intramolecular Hbond substituents is 1. The van der Waals surface area contributed by atoms with Crippen LogP contribution in [0.4, 0.5) is 5.69 Å². The van der Waals surface area contributed by atoms with Crippen LogP contribution in [0.15, 0.2) is 18.2 Å². The predicted octanol–water partition coefficient (Wildman–Crippen LogP) is 1.39. The molecule has 1 aromatic carbocycles. The minimum Gasteiger partial charge on any atom is -0.506 e. The van der Waals surface area contributed by atoms with Gasteiger partial charge in [-0.25, -0.2) is 0 Å². The number of rotatable bonds is 2. The molecule has 92 valence electrons. The lowest BCUT2D eigenvalue weighted by molar-refractivity contribution is -0.114. The zero-order valence-corrected chi connectivity index (χ0v) is 10.1. The number of anilines is 1. The van der Waals surface area contributed by atoms with Gasteiger partial charge in [-0.15, -0.1) is 5.48 Å². The normalized spacial score (nSPS) is 8.35. The molecular formula is C12H16N2O3. The second-order valence-corrected chi connectivity index (χ2v) is 3.13. The summed E-state index contributed by atoms with van der Waals surface area (Å²) < 4.78 is 0. The summed E-state index contributed by atoms with van der Waals surface area (Å²) in [6, 6.07) is 5.05. The first-order valence-corrected chi connectivity index (χ1v) is 4.86. The van der Waals surface area contributed by atoms with Gasteiger partial charge in [-0.1, -0.05) is 12.5 Å². The minimum absolute atomic E-state index is 0.0933. The van der Waals surface area contributed by atoms with Gasteiger partial charge < -0.3 is 15.3 Å². The first-order valence-electron chi connectivity index (χ1n) is 4.86. The highest BCUT2D eigenvalue weighted by Crippen LogP contribution is 2.23. The number of nitrogens with one attached hydrogen (secondary N) is 2. The van der Waals surface area contributed by atoms with Crippen LogP contribution in [-0.2, 0) is 9.63 Å². The highest BCUT2D eigenvalue weighted by atomic mass is 16.6. The molecule has 1 aromatic rings. The second-order valence-electron chi connectivity index (χ2n) is 3.13. The molecule has 0 atom stereocenters. The average Bonchev–Trinajstić information content (AvgIpc) is 2.25. The fraction of sp³-hybridized carbons (Fsp3) is 0.250. The van der Waals surface area contributed by atoms with Crippen LogP contribution in [0, 0.1) is 19.5 Å². The van der Waals surface area contributed by atoms with E-state index in [0.29, 0.717) is 5.69 Å². The third kappa shape index (κ3) is 6.82. The molecule has 1 amide bonds. The van der Waals surface area contributed by atoms with Gasteiger partial charge in [0.1, 0.15) is 11.9 Å². The Morgan fingerprint density at radius 1 is 1.53 bits per heavy atom. The van der Waals surface area contributed by atoms with E-state index in [1.165, 1.54) is 6.92 Å². The molecule has 0 aliphatic heterocycles. The maximum absolute atomic E-state index is 10.7. The summed E-state index contributed by atoms with van der Waals surface area (Å²) >= 11 is 0. The van der Waals surface area contributed by atoms with E-state index in [-0.39, 0.29) is 11.7 Å². The number of amides is 1. The first-order chi connectivity index (χ1) is 8.01. The highest BCUT2D eigenvalue weighted by Gasteiger charge is 2.01. The van der Waals surface area contributed by atoms with Crippen LogP contribution in [-0.4, -0.2) is 18.1 Å². The SMILES string of the molecule is C#CONC.CC(=O)Nc1cc(C)ccc1O. The Labute approximate surface area is 101 Å². The number of phenols is 1. The van der Waals surface area contributed by atoms with Gasteiger partial charge in [-0.3, -0.25) is 4.79 Å². The van der Waals surface area contributed by atoms with Crippen molar-refractivity contribution >= 4 is 11.6 Å². The Kier molecular flexibility index (Phi) is 6.99. The van der Waals surface area contributed by atoms with Gasteiger partial charge in [0.25, 0.3) is 0 Å². The van der Waals surface area contributed by atoms with Crippen molar-refractivity contribution < 1.29 is 14.7 Å². The van der Waals surface area contributed by atoms with Crippen molar-refractivity contribution in [1.29, 1.82) is 0 Å². The van der Waals surface area contributed by atoms with Crippen LogP contribution in [0.3, 0.4) is 0 Å². The van der Waals surface area contributed by atoms with E-state index in [4.69, 9.17) is 0 Å². The summed E-state index contributed by atoms with van der Waals surface area (Å²) in [5.41, 5.74) is 3.74. The number of hydrogen-bond donors (Lipinski definition) is 3. The predicted molar refractivity (Wildman–Crippen MR) is 66.1 cm³/mol. The molecule has 5 heteroatoms. The van der Waals surface area contributed by atoms with Crippen molar-refractivity contribution in [2.24, 2.45) is 0 Å². The van der Waals surface area contributed by atoms with Gasteiger partial charge >= 0.3 is 0 Å². The van der Waals surface area contributed by atoms with E-state index in [0.717, 1.165) is 5.56 Å². The van der Waals surface area contributed by atoms with Crippen molar-refractivity contribution in [2.75, 3.05) is 12.4 Å². The van der Waals surface area contributed by atoms with Gasteiger partial charge in [0.15, 0.2) is 0 Å². The zero-order valence-electron chi connectivity index (χ0n) is 10.1. The Morgan fingerprint density at radius 2 is 2.18 bits per heavy atom. The average molecular weight is 236 g/mol. The maximum Gasteiger partial charge on any atom is 0.221 e. The fourth-order valence-corrected chi connectivity index (χ4v) is 0.999. The van der Waals surface area contributed by atoms with E-state index in [9.17, 15) is 9.90 Å². The number of hydrogen-bond acceptors (Lipinski definition) is 4. The van der Waals surface area contributed by atoms with Crippen LogP contribution in [0.2, 0.25) is 0 Å². The molecular weight excluding hydrogens is 220 g/mol. The van der Waals surface area contributed by atoms with E-state index < -0.39 is 0 Å². The molecule has 0 heterocycles. The third-order valence-corrected chi connectivity index (χ3v) is 1.62. The number of aryl methyl sites for hydroxylation is 1. The Hall–Kier alpha value is -2.19. The van der Waals surface area contributed by atoms with Crippen molar-refractivity contribution in [1.82, 2.24) is 5.48 Å². The molecule has 0 fully saturated rings. The summed E-state index contributed by atoms with van der Waals surface area (Å²) in [4.78, 5) is 14.8. The molecule has 0 unspecified atom stereocenters. The molecule has 0 spiro atoms. The second kappa shape index (κ2) is 8.02. The Bertz CT molecular complexity index is 411. The topological polar surface area (TPSA) is 70.6 Å². The lowest BCUT2D eigenvalue weighted by Gasteiger charge is -2.04. The van der Waals surface area contributed by atoms with Gasteiger partial charge in [0, 0.05) is 14.0 Å². The lowest BCUT2D eigenvalue weighted by atomic mass is 10.2. The van der Waals surface area contributed by atoms with Crippen LogP contribution >= 0.6 is 0 Å². The fourth-order valence-electron chi connectivity index (χ4n) is 0.999. The molecule has 0 saturated heterocycles. The van der Waals surface area contributed by atoms with Gasteiger partial charge in [0.2, 0.25) is 5.91 Å². The minimum atomic E-state index is -0.184. The van der Waals surface area contributed by atoms with Crippen LogP contribution in [0.1, 0.15) is 12.5 Å². The molecule has 0 aromatic heterocycles. The molecule has 5 nitrogen and oxygen atoms in total. The summed E-state index contributed by atoms with van der Waals surface area (Å²) in [6.45, 7) is 3.30. The Morgan fingerprint density at radius 3 is 2.59 bits per heavy atom. The number of carbonyl (C=O) groups is 1. The molecule has 0 radical (unpaired) electrons. The van der Waals surface area contributed by atoms with Gasteiger partial charge in [0.05, 0.1) is 5.69 Å². The molecule has 3 N–H and O–H groups in total. The molecule has 0 aliphatic carbocycles. The summed E-state index contributed by atoms with van der Waals surface area (Å²) in [7, 11) is 1.60. The molecule has 0 aliphatic rings. The monoisotopic (exact) mass is 236 g/mol. The van der Waals surface area contributed by atoms with Gasteiger partial charge in [-0.2, -0.15) is 0 Å². The van der Waals surface area contributed by atoms with Crippen LogP contribution in [0.5, 0.6) is 5.75 Å². The smallest absolute Gasteiger partial charge is 0.221 e. The highest BCUT2D eigenvalue weighted by molar-refractivity contribution is 5.90. The standard InChI is InChI=1S/C9H11NO2.C3H5NO/c1-6-3-4-9(12)8(5-6)10-7(2)11;1-3-5-4-2/h3-5,12H,1-2H3,(H,10,11);1,4H,2H3. The van der Waals surface area contributed by atoms with Crippen LogP contribution in [0.25, 0.3) is 0 Å². The number of terminal acetylenes is 1. The number of carbonyl (C=O) groups excluding carboxylic acids is 1. The lowest BCUT2D eigenvalue weighted by Crippen LogP contribution is -2.05. The van der Waals surface area contributed by atoms with Crippen LogP contribution < -0.4 is 10.8 Å². The number of benzene rings is 1. The number of aromatic hydroxyl groups is 1. The van der Waals surface area contributed by atoms with E-state index in [1.54, 1.807) is 25.2 Å². The summed E-state index contributed by atoms with van der Waals surface area (Å²) in [6.07, 6.45) is 6.51. The summed E-state index contributed by atoms with van der Waals surface area (Å²) in [5, 5.41) is 11.8. The van der Waals surface area contributed by atoms with Crippen molar-refractivity contribution in [3.05, 3.63) is 23.8 Å². The van der Waals surface area contributed by atoms with E-state index >= 15 is 0 Å². The molecule has 0 saturated carbocycles. The number of hydroxylamine groups is 1. The largest absolute Gasteiger partial charge is 0.506 e. The zero-order chi connectivity index (χ0) is 13.3. The van der Waals surface area contributed by atoms with Crippen molar-refractivity contribution in [3.8, 4) is 18.3 Å². The third-order valence-electron chi connectivity index (χ3n) is 1.62. The Balaban J connectivity index is 0.000000437. The quantitative estimate of drug-likeness (QED) is 0.412. The van der Waals surface area contributed by atoms with E-state index in [1.807, 2.05) is 13.0 Å².